The average molecular weight is 357 g/mol. The molecular formula is C18H23N5O3. The minimum Gasteiger partial charge on any atom is -0.322 e. The number of nitrogens with one attached hydrogen (secondary N) is 3. The number of fused-ring (bicyclic) bond motifs is 1. The van der Waals surface area contributed by atoms with Gasteiger partial charge in [-0.05, 0) is 17.5 Å². The number of piperidine rings is 1. The summed E-state index contributed by atoms with van der Waals surface area (Å²) >= 11 is 0. The molecule has 4 rings (SSSR count). The largest absolute Gasteiger partial charge is 0.322 e. The van der Waals surface area contributed by atoms with E-state index in [1.54, 1.807) is 4.90 Å². The maximum atomic E-state index is 13.1. The van der Waals surface area contributed by atoms with Gasteiger partial charge in [-0.2, -0.15) is 0 Å². The maximum Gasteiger partial charge on any atom is 0.255 e. The second-order valence-corrected chi connectivity index (χ2v) is 6.98. The van der Waals surface area contributed by atoms with Crippen molar-refractivity contribution in [2.24, 2.45) is 0 Å². The highest BCUT2D eigenvalue weighted by Crippen LogP contribution is 2.30. The average Bonchev–Trinajstić information content (AvgIpc) is 2.79. The van der Waals surface area contributed by atoms with E-state index in [0.29, 0.717) is 19.5 Å². The van der Waals surface area contributed by atoms with Crippen molar-refractivity contribution in [3.05, 3.63) is 34.9 Å². The highest BCUT2D eigenvalue weighted by Gasteiger charge is 2.40. The number of hydrogen-bond donors (Lipinski definition) is 3. The summed E-state index contributed by atoms with van der Waals surface area (Å²) < 4.78 is 0. The van der Waals surface area contributed by atoms with Gasteiger partial charge in [-0.3, -0.25) is 35.5 Å². The second-order valence-electron chi connectivity index (χ2n) is 6.98. The molecule has 0 saturated carbocycles. The van der Waals surface area contributed by atoms with E-state index in [1.165, 1.54) is 0 Å². The molecule has 2 saturated heterocycles. The molecule has 3 heterocycles. The monoisotopic (exact) mass is 357 g/mol. The maximum absolute atomic E-state index is 13.1. The number of amides is 3. The Hall–Kier alpha value is -2.29. The van der Waals surface area contributed by atoms with E-state index >= 15 is 0 Å². The van der Waals surface area contributed by atoms with Crippen molar-refractivity contribution in [2.45, 2.75) is 32.0 Å². The minimum absolute atomic E-state index is 0.101. The highest BCUT2D eigenvalue weighted by molar-refractivity contribution is 6.05. The smallest absolute Gasteiger partial charge is 0.255 e. The van der Waals surface area contributed by atoms with E-state index in [2.05, 4.69) is 21.1 Å². The lowest BCUT2D eigenvalue weighted by molar-refractivity contribution is -0.136. The van der Waals surface area contributed by atoms with Crippen LogP contribution in [0, 0.1) is 0 Å². The van der Waals surface area contributed by atoms with Gasteiger partial charge in [0.05, 0.1) is 0 Å². The Balaban J connectivity index is 1.54. The van der Waals surface area contributed by atoms with Gasteiger partial charge in [0.25, 0.3) is 5.91 Å². The van der Waals surface area contributed by atoms with E-state index in [-0.39, 0.29) is 24.1 Å². The fourth-order valence-electron chi connectivity index (χ4n) is 3.94. The number of imide groups is 1. The Morgan fingerprint density at radius 1 is 1.08 bits per heavy atom. The predicted octanol–water partition coefficient (Wildman–Crippen LogP) is -0.643. The fraction of sp³-hybridized carbons (Fsp3) is 0.500. The van der Waals surface area contributed by atoms with Gasteiger partial charge in [0.1, 0.15) is 6.04 Å². The van der Waals surface area contributed by atoms with Crippen molar-refractivity contribution in [3.8, 4) is 0 Å². The molecule has 8 nitrogen and oxygen atoms in total. The molecule has 0 bridgehead atoms. The zero-order valence-corrected chi connectivity index (χ0v) is 14.6. The number of carbonyl (C=O) groups is 3. The lowest BCUT2D eigenvalue weighted by Gasteiger charge is -2.29. The first-order valence-corrected chi connectivity index (χ1v) is 9.07. The van der Waals surface area contributed by atoms with E-state index in [9.17, 15) is 14.4 Å². The molecule has 0 radical (unpaired) electrons. The normalized spacial score (nSPS) is 24.4. The Labute approximate surface area is 151 Å². The quantitative estimate of drug-likeness (QED) is 0.623. The summed E-state index contributed by atoms with van der Waals surface area (Å²) in [4.78, 5) is 40.6. The molecule has 3 amide bonds. The first-order chi connectivity index (χ1) is 12.6. The molecule has 1 aromatic carbocycles. The van der Waals surface area contributed by atoms with Crippen LogP contribution in [0.5, 0.6) is 0 Å². The van der Waals surface area contributed by atoms with E-state index < -0.39 is 6.04 Å². The molecule has 26 heavy (non-hydrogen) atoms. The second kappa shape index (κ2) is 7.14. The molecule has 3 aliphatic rings. The van der Waals surface area contributed by atoms with Crippen molar-refractivity contribution in [1.82, 2.24) is 26.0 Å². The molecular weight excluding hydrogens is 334 g/mol. The molecule has 2 fully saturated rings. The summed E-state index contributed by atoms with van der Waals surface area (Å²) in [6.45, 7) is 4.65. The summed E-state index contributed by atoms with van der Waals surface area (Å²) in [5.41, 5.74) is 8.98. The molecule has 3 N–H and O–H groups in total. The van der Waals surface area contributed by atoms with Crippen molar-refractivity contribution in [1.29, 1.82) is 0 Å². The van der Waals surface area contributed by atoms with Crippen LogP contribution in [-0.2, 0) is 22.7 Å². The van der Waals surface area contributed by atoms with Gasteiger partial charge in [0.15, 0.2) is 0 Å². The van der Waals surface area contributed by atoms with E-state index in [4.69, 9.17) is 0 Å². The van der Waals surface area contributed by atoms with E-state index in [1.807, 2.05) is 18.2 Å². The van der Waals surface area contributed by atoms with Crippen LogP contribution in [0.1, 0.15) is 34.3 Å². The summed E-state index contributed by atoms with van der Waals surface area (Å²) in [7, 11) is 0. The summed E-state index contributed by atoms with van der Waals surface area (Å²) in [5, 5.41) is 2.35. The number of carbonyl (C=O) groups excluding carboxylic acids is 3. The van der Waals surface area contributed by atoms with Gasteiger partial charge in [-0.1, -0.05) is 18.2 Å². The predicted molar refractivity (Wildman–Crippen MR) is 93.8 cm³/mol. The van der Waals surface area contributed by atoms with Gasteiger partial charge in [-0.15, -0.1) is 0 Å². The minimum atomic E-state index is -0.563. The number of nitrogens with zero attached hydrogens (tertiary/aromatic N) is 2. The highest BCUT2D eigenvalue weighted by atomic mass is 16.2. The summed E-state index contributed by atoms with van der Waals surface area (Å²) in [5.74, 6) is -0.732. The summed E-state index contributed by atoms with van der Waals surface area (Å²) in [6, 6.07) is 5.36. The molecule has 1 unspecified atom stereocenters. The molecule has 0 aliphatic carbocycles. The number of rotatable bonds is 3. The van der Waals surface area contributed by atoms with Crippen molar-refractivity contribution >= 4 is 17.7 Å². The molecule has 0 aromatic heterocycles. The molecule has 3 aliphatic heterocycles. The van der Waals surface area contributed by atoms with E-state index in [0.717, 1.165) is 42.9 Å². The molecule has 1 atom stereocenters. The van der Waals surface area contributed by atoms with Crippen LogP contribution in [0.4, 0.5) is 0 Å². The Kier molecular flexibility index (Phi) is 4.71. The van der Waals surface area contributed by atoms with Crippen LogP contribution in [0.2, 0.25) is 0 Å². The van der Waals surface area contributed by atoms with Crippen LogP contribution in [0.3, 0.4) is 0 Å². The van der Waals surface area contributed by atoms with Gasteiger partial charge in [0.2, 0.25) is 11.8 Å². The molecule has 138 valence electrons. The van der Waals surface area contributed by atoms with Gasteiger partial charge in [0, 0.05) is 51.3 Å². The Morgan fingerprint density at radius 2 is 1.85 bits per heavy atom. The lowest BCUT2D eigenvalue weighted by atomic mass is 10.0. The lowest BCUT2D eigenvalue weighted by Crippen LogP contribution is -2.52. The zero-order chi connectivity index (χ0) is 18.1. The number of benzene rings is 1. The van der Waals surface area contributed by atoms with Gasteiger partial charge >= 0.3 is 0 Å². The van der Waals surface area contributed by atoms with Gasteiger partial charge < -0.3 is 4.90 Å². The fourth-order valence-corrected chi connectivity index (χ4v) is 3.94. The third-order valence-corrected chi connectivity index (χ3v) is 5.26. The topological polar surface area (TPSA) is 93.8 Å². The van der Waals surface area contributed by atoms with Crippen molar-refractivity contribution < 1.29 is 14.4 Å². The first-order valence-electron chi connectivity index (χ1n) is 9.07. The molecule has 0 spiro atoms. The first kappa shape index (κ1) is 17.1. The third-order valence-electron chi connectivity index (χ3n) is 5.26. The Bertz CT molecular complexity index is 742. The van der Waals surface area contributed by atoms with Crippen LogP contribution in [0.25, 0.3) is 0 Å². The number of hydrogen-bond acceptors (Lipinski definition) is 6. The molecule has 8 heteroatoms. The number of hydrazine groups is 1. The third kappa shape index (κ3) is 3.23. The van der Waals surface area contributed by atoms with Crippen LogP contribution < -0.4 is 16.2 Å². The SMILES string of the molecule is O=C1CCC(N2Cc3cccc(CN4CCNNCC4)c3C2=O)C(=O)N1. The van der Waals surface area contributed by atoms with Crippen LogP contribution in [-0.4, -0.2) is 59.7 Å². The van der Waals surface area contributed by atoms with Crippen LogP contribution >= 0.6 is 0 Å². The van der Waals surface area contributed by atoms with Gasteiger partial charge in [-0.25, -0.2) is 0 Å². The van der Waals surface area contributed by atoms with Crippen molar-refractivity contribution in [2.75, 3.05) is 26.2 Å². The zero-order valence-electron chi connectivity index (χ0n) is 14.6. The Morgan fingerprint density at radius 3 is 2.58 bits per heavy atom. The van der Waals surface area contributed by atoms with Crippen molar-refractivity contribution in [3.63, 3.8) is 0 Å². The molecule has 1 aromatic rings. The van der Waals surface area contributed by atoms with Crippen LogP contribution in [0.15, 0.2) is 18.2 Å². The summed E-state index contributed by atoms with van der Waals surface area (Å²) in [6.07, 6.45) is 0.667. The standard InChI is InChI=1S/C18H23N5O3/c24-15-5-4-14(17(25)21-15)23-11-13-3-1-2-12(16(13)18(23)26)10-22-8-6-19-20-7-9-22/h1-3,14,19-20H,4-11H2,(H,21,24,25).